The van der Waals surface area contributed by atoms with Crippen LogP contribution in [0.1, 0.15) is 34.1 Å². The zero-order chi connectivity index (χ0) is 20.1. The van der Waals surface area contributed by atoms with Crippen LogP contribution in [0.25, 0.3) is 0 Å². The Balaban J connectivity index is 2.68. The van der Waals surface area contributed by atoms with Crippen molar-refractivity contribution >= 4 is 41.2 Å². The van der Waals surface area contributed by atoms with Crippen LogP contribution in [0.15, 0.2) is 23.4 Å². The summed E-state index contributed by atoms with van der Waals surface area (Å²) in [7, 11) is -1.57. The number of hydrogen-bond acceptors (Lipinski definition) is 7. The first kappa shape index (κ1) is 23.1. The standard InChI is InChI=1S/C15H23N2O6PS2/c1-10(11(2)13(9-18)24(21,22)23)7-15(3,4)26-25-14-6-5-12(8-16-14)17(19)20/h5-6,8-11,13H,7H2,1-4H3,(H2,21,22,23). The van der Waals surface area contributed by atoms with Gasteiger partial charge in [0.05, 0.1) is 4.92 Å². The highest BCUT2D eigenvalue weighted by Gasteiger charge is 2.38. The molecule has 2 N–H and O–H groups in total. The molecule has 0 bridgehead atoms. The molecular weight excluding hydrogens is 399 g/mol. The van der Waals surface area contributed by atoms with Gasteiger partial charge in [-0.05, 0) is 49.0 Å². The second-order valence-electron chi connectivity index (χ2n) is 6.79. The van der Waals surface area contributed by atoms with E-state index in [4.69, 9.17) is 0 Å². The Labute approximate surface area is 160 Å². The Kier molecular flexibility index (Phi) is 8.29. The Bertz CT molecular complexity index is 679. The molecule has 0 radical (unpaired) electrons. The molecule has 0 fully saturated rings. The number of pyridine rings is 1. The largest absolute Gasteiger partial charge is 0.335 e. The second-order valence-corrected chi connectivity index (χ2v) is 11.4. The molecule has 8 nitrogen and oxygen atoms in total. The lowest BCUT2D eigenvalue weighted by molar-refractivity contribution is -0.385. The summed E-state index contributed by atoms with van der Waals surface area (Å²) in [4.78, 5) is 43.9. The number of rotatable bonds is 10. The van der Waals surface area contributed by atoms with Crippen LogP contribution in [0.3, 0.4) is 0 Å². The van der Waals surface area contributed by atoms with Crippen LogP contribution >= 0.6 is 29.2 Å². The van der Waals surface area contributed by atoms with E-state index in [2.05, 4.69) is 4.98 Å². The van der Waals surface area contributed by atoms with Gasteiger partial charge in [0, 0.05) is 10.8 Å². The molecule has 1 aromatic heterocycles. The van der Waals surface area contributed by atoms with Crippen molar-refractivity contribution < 1.29 is 24.1 Å². The third kappa shape index (κ3) is 7.00. The van der Waals surface area contributed by atoms with Gasteiger partial charge in [0.2, 0.25) is 0 Å². The number of nitro groups is 1. The summed E-state index contributed by atoms with van der Waals surface area (Å²) in [5.74, 6) is -0.554. The molecule has 3 atom stereocenters. The Morgan fingerprint density at radius 3 is 2.42 bits per heavy atom. The van der Waals surface area contributed by atoms with E-state index in [0.29, 0.717) is 17.7 Å². The van der Waals surface area contributed by atoms with Gasteiger partial charge in [0.25, 0.3) is 5.69 Å². The number of aromatic nitrogens is 1. The SMILES string of the molecule is CC(CC(C)(C)SSc1ccc([N+](=O)[O-])cn1)C(C)C(C=O)P(=O)(O)O. The smallest absolute Gasteiger partial charge is 0.324 e. The van der Waals surface area contributed by atoms with Crippen LogP contribution in [-0.2, 0) is 9.36 Å². The van der Waals surface area contributed by atoms with Crippen molar-refractivity contribution in [1.82, 2.24) is 4.98 Å². The number of nitrogens with zero attached hydrogens (tertiary/aromatic N) is 2. The number of carbonyl (C=O) groups is 1. The summed E-state index contributed by atoms with van der Waals surface area (Å²) >= 11 is 0. The maximum atomic E-state index is 11.5. The zero-order valence-electron chi connectivity index (χ0n) is 14.9. The molecule has 0 aliphatic carbocycles. The van der Waals surface area contributed by atoms with Gasteiger partial charge in [-0.3, -0.25) is 14.7 Å². The molecule has 0 amide bonds. The lowest BCUT2D eigenvalue weighted by Crippen LogP contribution is -2.29. The summed E-state index contributed by atoms with van der Waals surface area (Å²) < 4.78 is 11.2. The first-order valence-electron chi connectivity index (χ1n) is 7.84. The van der Waals surface area contributed by atoms with Crippen LogP contribution in [0.4, 0.5) is 5.69 Å². The van der Waals surface area contributed by atoms with E-state index in [0.717, 1.165) is 0 Å². The van der Waals surface area contributed by atoms with E-state index in [1.54, 1.807) is 13.0 Å². The van der Waals surface area contributed by atoms with Crippen molar-refractivity contribution in [2.45, 2.75) is 49.5 Å². The van der Waals surface area contributed by atoms with Crippen molar-refractivity contribution in [2.24, 2.45) is 11.8 Å². The van der Waals surface area contributed by atoms with E-state index >= 15 is 0 Å². The summed E-state index contributed by atoms with van der Waals surface area (Å²) in [6, 6.07) is 2.97. The Morgan fingerprint density at radius 1 is 1.38 bits per heavy atom. The summed E-state index contributed by atoms with van der Waals surface area (Å²) in [6.07, 6.45) is 2.18. The number of hydrogen-bond donors (Lipinski definition) is 2. The highest BCUT2D eigenvalue weighted by Crippen LogP contribution is 2.49. The minimum atomic E-state index is -4.47. The Morgan fingerprint density at radius 2 is 2.00 bits per heavy atom. The van der Waals surface area contributed by atoms with Crippen molar-refractivity contribution in [3.8, 4) is 0 Å². The quantitative estimate of drug-likeness (QED) is 0.189. The highest BCUT2D eigenvalue weighted by atomic mass is 33.1. The molecule has 1 aromatic rings. The fourth-order valence-electron chi connectivity index (χ4n) is 2.53. The normalized spacial score (nSPS) is 15.9. The fourth-order valence-corrected chi connectivity index (χ4v) is 5.89. The van der Waals surface area contributed by atoms with Gasteiger partial charge < -0.3 is 14.6 Å². The van der Waals surface area contributed by atoms with Crippen LogP contribution < -0.4 is 0 Å². The third-order valence-electron chi connectivity index (χ3n) is 4.06. The van der Waals surface area contributed by atoms with Crippen LogP contribution in [0.5, 0.6) is 0 Å². The summed E-state index contributed by atoms with van der Waals surface area (Å²) in [5.41, 5.74) is -1.37. The van der Waals surface area contributed by atoms with Crippen molar-refractivity contribution in [1.29, 1.82) is 0 Å². The first-order chi connectivity index (χ1) is 11.9. The Hall–Kier alpha value is -0.930. The summed E-state index contributed by atoms with van der Waals surface area (Å²) in [6.45, 7) is 7.53. The molecule has 1 rings (SSSR count). The number of aldehydes is 1. The average molecular weight is 422 g/mol. The van der Waals surface area contributed by atoms with Crippen molar-refractivity contribution in [3.63, 3.8) is 0 Å². The van der Waals surface area contributed by atoms with E-state index in [-0.39, 0.29) is 16.4 Å². The average Bonchev–Trinajstić information content (AvgIpc) is 2.52. The molecule has 0 aliphatic rings. The van der Waals surface area contributed by atoms with E-state index in [1.165, 1.54) is 33.9 Å². The van der Waals surface area contributed by atoms with Crippen LogP contribution in [-0.4, -0.2) is 36.4 Å². The highest BCUT2D eigenvalue weighted by molar-refractivity contribution is 8.77. The molecule has 0 aromatic carbocycles. The summed E-state index contributed by atoms with van der Waals surface area (Å²) in [5, 5.41) is 11.3. The van der Waals surface area contributed by atoms with Gasteiger partial charge in [0.15, 0.2) is 0 Å². The monoisotopic (exact) mass is 422 g/mol. The molecule has 26 heavy (non-hydrogen) atoms. The molecule has 3 unspecified atom stereocenters. The lowest BCUT2D eigenvalue weighted by Gasteiger charge is -2.32. The van der Waals surface area contributed by atoms with Crippen LogP contribution in [0.2, 0.25) is 0 Å². The number of carbonyl (C=O) groups excluding carboxylic acids is 1. The van der Waals surface area contributed by atoms with Gasteiger partial charge in [-0.2, -0.15) is 0 Å². The first-order valence-corrected chi connectivity index (χ1v) is 11.7. The minimum Gasteiger partial charge on any atom is -0.324 e. The van der Waals surface area contributed by atoms with Crippen LogP contribution in [0, 0.1) is 22.0 Å². The predicted molar refractivity (Wildman–Crippen MR) is 103 cm³/mol. The zero-order valence-corrected chi connectivity index (χ0v) is 17.5. The van der Waals surface area contributed by atoms with E-state index in [1.807, 2.05) is 20.8 Å². The molecule has 0 saturated carbocycles. The maximum Gasteiger partial charge on any atom is 0.335 e. The second kappa shape index (κ2) is 9.32. The van der Waals surface area contributed by atoms with Crippen molar-refractivity contribution in [3.05, 3.63) is 28.4 Å². The van der Waals surface area contributed by atoms with Crippen molar-refractivity contribution in [2.75, 3.05) is 0 Å². The predicted octanol–water partition coefficient (Wildman–Crippen LogP) is 3.92. The molecule has 11 heteroatoms. The molecule has 0 spiro atoms. The van der Waals surface area contributed by atoms with Gasteiger partial charge in [0.1, 0.15) is 23.2 Å². The van der Waals surface area contributed by atoms with Gasteiger partial charge in [-0.25, -0.2) is 4.98 Å². The lowest BCUT2D eigenvalue weighted by atomic mass is 9.86. The van der Waals surface area contributed by atoms with E-state index < -0.39 is 24.1 Å². The molecule has 0 aliphatic heterocycles. The fraction of sp³-hybridized carbons (Fsp3) is 0.600. The van der Waals surface area contributed by atoms with E-state index in [9.17, 15) is 29.3 Å². The third-order valence-corrected chi connectivity index (χ3v) is 8.66. The molecule has 146 valence electrons. The van der Waals surface area contributed by atoms with Gasteiger partial charge in [-0.1, -0.05) is 24.6 Å². The minimum absolute atomic E-state index is 0.0709. The maximum absolute atomic E-state index is 11.5. The molecule has 1 heterocycles. The van der Waals surface area contributed by atoms with Gasteiger partial charge >= 0.3 is 7.60 Å². The van der Waals surface area contributed by atoms with Gasteiger partial charge in [-0.15, -0.1) is 0 Å². The molecular formula is C15H23N2O6PS2. The molecule has 0 saturated heterocycles. The topological polar surface area (TPSA) is 131 Å².